The average Bonchev–Trinajstić information content (AvgIpc) is 3.00. The predicted octanol–water partition coefficient (Wildman–Crippen LogP) is 3.79. The molecule has 1 heterocycles. The second kappa shape index (κ2) is 5.83. The molecular formula is C15H16BrNO2S2. The zero-order valence-corrected chi connectivity index (χ0v) is 14.9. The lowest BCUT2D eigenvalue weighted by Crippen LogP contribution is -2.23. The van der Waals surface area contributed by atoms with Crippen LogP contribution < -0.4 is 4.72 Å². The van der Waals surface area contributed by atoms with E-state index in [1.807, 2.05) is 6.07 Å². The van der Waals surface area contributed by atoms with Crippen LogP contribution in [0.3, 0.4) is 0 Å². The summed E-state index contributed by atoms with van der Waals surface area (Å²) in [6, 6.07) is 7.44. The van der Waals surface area contributed by atoms with Gasteiger partial charge in [-0.1, -0.05) is 22.0 Å². The maximum absolute atomic E-state index is 12.4. The molecule has 0 saturated carbocycles. The molecule has 0 spiro atoms. The Balaban J connectivity index is 1.78. The van der Waals surface area contributed by atoms with Crippen molar-refractivity contribution in [1.29, 1.82) is 0 Å². The third-order valence-corrected chi connectivity index (χ3v) is 6.95. The predicted molar refractivity (Wildman–Crippen MR) is 89.2 cm³/mol. The molecule has 2 aromatic rings. The van der Waals surface area contributed by atoms with Crippen molar-refractivity contribution < 1.29 is 8.42 Å². The van der Waals surface area contributed by atoms with E-state index in [0.29, 0.717) is 11.4 Å². The van der Waals surface area contributed by atoms with Gasteiger partial charge in [-0.2, -0.15) is 0 Å². The lowest BCUT2D eigenvalue weighted by molar-refractivity contribution is 0.581. The van der Waals surface area contributed by atoms with Gasteiger partial charge in [0.25, 0.3) is 0 Å². The summed E-state index contributed by atoms with van der Waals surface area (Å²) < 4.78 is 28.3. The number of fused-ring (bicyclic) bond motifs is 1. The molecule has 0 unspecified atom stereocenters. The quantitative estimate of drug-likeness (QED) is 0.869. The van der Waals surface area contributed by atoms with Crippen LogP contribution in [0, 0.1) is 6.92 Å². The standard InChI is InChI=1S/C15H16BrNO2S2/c1-10-5-6-12(16)8-15(10)21(18,19)17-9-13-7-11-3-2-4-14(11)20-13/h5-8,17H,2-4,9H2,1H3. The van der Waals surface area contributed by atoms with E-state index in [4.69, 9.17) is 0 Å². The summed E-state index contributed by atoms with van der Waals surface area (Å²) in [5, 5.41) is 0. The van der Waals surface area contributed by atoms with Gasteiger partial charge in [0.15, 0.2) is 0 Å². The minimum atomic E-state index is -3.48. The number of thiophene rings is 1. The Kier molecular flexibility index (Phi) is 4.23. The molecule has 0 amide bonds. The Morgan fingerprint density at radius 3 is 2.86 bits per heavy atom. The second-order valence-electron chi connectivity index (χ2n) is 5.25. The Morgan fingerprint density at radius 1 is 1.29 bits per heavy atom. The van der Waals surface area contributed by atoms with E-state index >= 15 is 0 Å². The normalized spacial score (nSPS) is 14.4. The minimum Gasteiger partial charge on any atom is -0.207 e. The Labute approximate surface area is 137 Å². The minimum absolute atomic E-state index is 0.334. The summed E-state index contributed by atoms with van der Waals surface area (Å²) in [4.78, 5) is 2.85. The molecule has 3 nitrogen and oxygen atoms in total. The molecule has 0 radical (unpaired) electrons. The van der Waals surface area contributed by atoms with Crippen LogP contribution >= 0.6 is 27.3 Å². The number of nitrogens with one attached hydrogen (secondary N) is 1. The zero-order chi connectivity index (χ0) is 15.0. The van der Waals surface area contributed by atoms with Crippen LogP contribution in [0.5, 0.6) is 0 Å². The van der Waals surface area contributed by atoms with Crippen molar-refractivity contribution in [2.45, 2.75) is 37.6 Å². The largest absolute Gasteiger partial charge is 0.241 e. The van der Waals surface area contributed by atoms with Crippen molar-refractivity contribution in [2.24, 2.45) is 0 Å². The highest BCUT2D eigenvalue weighted by molar-refractivity contribution is 9.10. The highest BCUT2D eigenvalue weighted by Crippen LogP contribution is 2.30. The molecule has 1 N–H and O–H groups in total. The number of hydrogen-bond acceptors (Lipinski definition) is 3. The number of halogens is 1. The molecule has 1 aliphatic rings. The van der Waals surface area contributed by atoms with Gasteiger partial charge in [0.1, 0.15) is 0 Å². The van der Waals surface area contributed by atoms with Crippen molar-refractivity contribution in [2.75, 3.05) is 0 Å². The first-order valence-corrected chi connectivity index (χ1v) is 9.91. The Hall–Kier alpha value is -0.690. The topological polar surface area (TPSA) is 46.2 Å². The average molecular weight is 386 g/mol. The summed E-state index contributed by atoms with van der Waals surface area (Å²) in [7, 11) is -3.48. The van der Waals surface area contributed by atoms with E-state index in [1.165, 1.54) is 16.9 Å². The smallest absolute Gasteiger partial charge is 0.207 e. The second-order valence-corrected chi connectivity index (χ2v) is 9.12. The van der Waals surface area contributed by atoms with E-state index in [0.717, 1.165) is 27.8 Å². The molecular weight excluding hydrogens is 370 g/mol. The molecule has 21 heavy (non-hydrogen) atoms. The van der Waals surface area contributed by atoms with Crippen LogP contribution in [0.15, 0.2) is 33.6 Å². The molecule has 1 aromatic heterocycles. The highest BCUT2D eigenvalue weighted by Gasteiger charge is 2.19. The van der Waals surface area contributed by atoms with Gasteiger partial charge in [0.2, 0.25) is 10.0 Å². The SMILES string of the molecule is Cc1ccc(Br)cc1S(=O)(=O)NCc1cc2c(s1)CCC2. The van der Waals surface area contributed by atoms with Crippen LogP contribution in [0.1, 0.15) is 27.3 Å². The van der Waals surface area contributed by atoms with E-state index in [-0.39, 0.29) is 0 Å². The van der Waals surface area contributed by atoms with Crippen LogP contribution in [-0.2, 0) is 29.4 Å². The molecule has 6 heteroatoms. The van der Waals surface area contributed by atoms with Gasteiger partial charge in [-0.05, 0) is 55.5 Å². The van der Waals surface area contributed by atoms with Gasteiger partial charge in [-0.25, -0.2) is 13.1 Å². The first-order chi connectivity index (χ1) is 9.95. The summed E-state index contributed by atoms with van der Waals surface area (Å²) in [6.45, 7) is 2.17. The van der Waals surface area contributed by atoms with Crippen LogP contribution in [0.25, 0.3) is 0 Å². The number of benzene rings is 1. The molecule has 0 saturated heterocycles. The van der Waals surface area contributed by atoms with Gasteiger partial charge >= 0.3 is 0 Å². The van der Waals surface area contributed by atoms with E-state index in [2.05, 4.69) is 26.7 Å². The van der Waals surface area contributed by atoms with Crippen molar-refractivity contribution in [3.63, 3.8) is 0 Å². The summed E-state index contributed by atoms with van der Waals surface area (Å²) in [5.41, 5.74) is 2.15. The molecule has 112 valence electrons. The van der Waals surface area contributed by atoms with E-state index < -0.39 is 10.0 Å². The Bertz CT molecular complexity index is 759. The fourth-order valence-electron chi connectivity index (χ4n) is 2.59. The summed E-state index contributed by atoms with van der Waals surface area (Å²) in [6.07, 6.45) is 3.49. The highest BCUT2D eigenvalue weighted by atomic mass is 79.9. The maximum atomic E-state index is 12.4. The molecule has 0 aliphatic heterocycles. The molecule has 1 aromatic carbocycles. The van der Waals surface area contributed by atoms with Crippen molar-refractivity contribution in [3.8, 4) is 0 Å². The molecule has 0 atom stereocenters. The lowest BCUT2D eigenvalue weighted by atomic mass is 10.2. The molecule has 0 bridgehead atoms. The molecule has 1 aliphatic carbocycles. The summed E-state index contributed by atoms with van der Waals surface area (Å²) in [5.74, 6) is 0. The fraction of sp³-hybridized carbons (Fsp3) is 0.333. The van der Waals surface area contributed by atoms with Crippen LogP contribution in [0.4, 0.5) is 0 Å². The van der Waals surface area contributed by atoms with Gasteiger partial charge in [-0.3, -0.25) is 0 Å². The van der Waals surface area contributed by atoms with E-state index in [9.17, 15) is 8.42 Å². The van der Waals surface area contributed by atoms with E-state index in [1.54, 1.807) is 30.4 Å². The third kappa shape index (κ3) is 3.23. The Morgan fingerprint density at radius 2 is 2.10 bits per heavy atom. The van der Waals surface area contributed by atoms with Crippen molar-refractivity contribution >= 4 is 37.3 Å². The molecule has 0 fully saturated rings. The first kappa shape index (κ1) is 15.2. The van der Waals surface area contributed by atoms with Gasteiger partial charge in [0, 0.05) is 20.8 Å². The number of rotatable bonds is 4. The van der Waals surface area contributed by atoms with Crippen molar-refractivity contribution in [1.82, 2.24) is 4.72 Å². The first-order valence-electron chi connectivity index (χ1n) is 6.82. The number of hydrogen-bond donors (Lipinski definition) is 1. The lowest BCUT2D eigenvalue weighted by Gasteiger charge is -2.09. The number of aryl methyl sites for hydroxylation is 3. The van der Waals surface area contributed by atoms with Gasteiger partial charge in [0.05, 0.1) is 4.90 Å². The monoisotopic (exact) mass is 385 g/mol. The fourth-order valence-corrected chi connectivity index (χ4v) is 5.66. The van der Waals surface area contributed by atoms with Crippen LogP contribution in [-0.4, -0.2) is 8.42 Å². The van der Waals surface area contributed by atoms with Crippen LogP contribution in [0.2, 0.25) is 0 Å². The van der Waals surface area contributed by atoms with Crippen molar-refractivity contribution in [3.05, 3.63) is 49.6 Å². The van der Waals surface area contributed by atoms with Gasteiger partial charge in [-0.15, -0.1) is 11.3 Å². The van der Waals surface area contributed by atoms with Gasteiger partial charge < -0.3 is 0 Å². The maximum Gasteiger partial charge on any atom is 0.241 e. The summed E-state index contributed by atoms with van der Waals surface area (Å²) >= 11 is 5.05. The zero-order valence-electron chi connectivity index (χ0n) is 11.6. The molecule has 3 rings (SSSR count). The number of sulfonamides is 1. The third-order valence-electron chi connectivity index (χ3n) is 3.67.